The molecule has 1 heterocycles. The first kappa shape index (κ1) is 14.2. The quantitative estimate of drug-likeness (QED) is 0.810. The number of hydrogen-bond acceptors (Lipinski definition) is 3. The van der Waals surface area contributed by atoms with Crippen molar-refractivity contribution in [2.24, 2.45) is 0 Å². The van der Waals surface area contributed by atoms with E-state index in [9.17, 15) is 0 Å². The number of nitrogens with one attached hydrogen (secondary N) is 1. The predicted octanol–water partition coefficient (Wildman–Crippen LogP) is 4.83. The highest BCUT2D eigenvalue weighted by Crippen LogP contribution is 2.24. The van der Waals surface area contributed by atoms with Gasteiger partial charge in [-0.3, -0.25) is 0 Å². The first-order valence-corrected chi connectivity index (χ1v) is 8.06. The third-order valence-corrected chi connectivity index (χ3v) is 5.58. The van der Waals surface area contributed by atoms with Crippen LogP contribution in [0.3, 0.4) is 0 Å². The molecule has 0 aliphatic heterocycles. The minimum atomic E-state index is 0.283. The second-order valence-electron chi connectivity index (χ2n) is 4.16. The SMILES string of the molecule is Cc1cnc(C(C)NCc2ccc(Br)c(Br)c2)s1. The zero-order chi connectivity index (χ0) is 13.1. The third kappa shape index (κ3) is 3.63. The summed E-state index contributed by atoms with van der Waals surface area (Å²) in [7, 11) is 0. The average Bonchev–Trinajstić information content (AvgIpc) is 2.77. The lowest BCUT2D eigenvalue weighted by molar-refractivity contribution is 0.571. The molecular weight excluding hydrogens is 376 g/mol. The zero-order valence-corrected chi connectivity index (χ0v) is 14.2. The van der Waals surface area contributed by atoms with E-state index in [1.165, 1.54) is 10.4 Å². The molecule has 0 spiro atoms. The minimum Gasteiger partial charge on any atom is -0.304 e. The van der Waals surface area contributed by atoms with Crippen molar-refractivity contribution in [3.63, 3.8) is 0 Å². The van der Waals surface area contributed by atoms with Crippen LogP contribution >= 0.6 is 43.2 Å². The lowest BCUT2D eigenvalue weighted by atomic mass is 10.2. The molecule has 2 rings (SSSR count). The lowest BCUT2D eigenvalue weighted by Crippen LogP contribution is -2.17. The Labute approximate surface area is 128 Å². The molecule has 2 aromatic rings. The van der Waals surface area contributed by atoms with Gasteiger partial charge in [0, 0.05) is 26.6 Å². The highest BCUT2D eigenvalue weighted by Gasteiger charge is 2.09. The van der Waals surface area contributed by atoms with Crippen LogP contribution in [0.1, 0.15) is 28.4 Å². The Morgan fingerprint density at radius 3 is 2.72 bits per heavy atom. The molecule has 5 heteroatoms. The van der Waals surface area contributed by atoms with E-state index in [0.29, 0.717) is 0 Å². The van der Waals surface area contributed by atoms with Crippen LogP contribution in [0.5, 0.6) is 0 Å². The van der Waals surface area contributed by atoms with Crippen molar-refractivity contribution < 1.29 is 0 Å². The van der Waals surface area contributed by atoms with Gasteiger partial charge in [0.2, 0.25) is 0 Å². The van der Waals surface area contributed by atoms with E-state index in [1.807, 2.05) is 6.20 Å². The molecule has 0 saturated heterocycles. The molecule has 0 aliphatic rings. The Hall–Kier alpha value is -0.230. The Morgan fingerprint density at radius 1 is 1.33 bits per heavy atom. The van der Waals surface area contributed by atoms with Gasteiger partial charge in [-0.15, -0.1) is 11.3 Å². The summed E-state index contributed by atoms with van der Waals surface area (Å²) in [4.78, 5) is 5.65. The van der Waals surface area contributed by atoms with Crippen molar-refractivity contribution in [1.82, 2.24) is 10.3 Å². The fourth-order valence-corrected chi connectivity index (χ4v) is 3.05. The number of rotatable bonds is 4. The van der Waals surface area contributed by atoms with Crippen molar-refractivity contribution in [2.75, 3.05) is 0 Å². The van der Waals surface area contributed by atoms with Crippen molar-refractivity contribution in [3.05, 3.63) is 48.8 Å². The molecule has 0 aliphatic carbocycles. The van der Waals surface area contributed by atoms with Crippen molar-refractivity contribution >= 4 is 43.2 Å². The second kappa shape index (κ2) is 6.28. The molecular formula is C13H14Br2N2S. The van der Waals surface area contributed by atoms with Crippen molar-refractivity contribution in [3.8, 4) is 0 Å². The standard InChI is InChI=1S/C13H14Br2N2S/c1-8-6-17-13(18-8)9(2)16-7-10-3-4-11(14)12(15)5-10/h3-6,9,16H,7H2,1-2H3. The Morgan fingerprint density at radius 2 is 2.11 bits per heavy atom. The predicted molar refractivity (Wildman–Crippen MR) is 83.9 cm³/mol. The molecule has 0 amide bonds. The van der Waals surface area contributed by atoms with Gasteiger partial charge in [0.15, 0.2) is 0 Å². The summed E-state index contributed by atoms with van der Waals surface area (Å²) in [5.74, 6) is 0. The van der Waals surface area contributed by atoms with Gasteiger partial charge in [0.1, 0.15) is 5.01 Å². The number of aryl methyl sites for hydroxylation is 1. The molecule has 18 heavy (non-hydrogen) atoms. The molecule has 0 saturated carbocycles. The molecule has 1 aromatic carbocycles. The number of aromatic nitrogens is 1. The summed E-state index contributed by atoms with van der Waals surface area (Å²) in [5, 5.41) is 4.63. The van der Waals surface area contributed by atoms with E-state index < -0.39 is 0 Å². The Kier molecular flexibility index (Phi) is 4.95. The average molecular weight is 390 g/mol. The number of benzene rings is 1. The van der Waals surface area contributed by atoms with Gasteiger partial charge in [-0.1, -0.05) is 6.07 Å². The molecule has 0 fully saturated rings. The van der Waals surface area contributed by atoms with Gasteiger partial charge in [-0.2, -0.15) is 0 Å². The number of hydrogen-bond donors (Lipinski definition) is 1. The van der Waals surface area contributed by atoms with E-state index >= 15 is 0 Å². The van der Waals surface area contributed by atoms with Gasteiger partial charge in [0.25, 0.3) is 0 Å². The van der Waals surface area contributed by atoms with Gasteiger partial charge in [-0.25, -0.2) is 4.98 Å². The van der Waals surface area contributed by atoms with Crippen LogP contribution in [0.15, 0.2) is 33.3 Å². The fraction of sp³-hybridized carbons (Fsp3) is 0.308. The maximum atomic E-state index is 4.40. The van der Waals surface area contributed by atoms with Crippen molar-refractivity contribution in [1.29, 1.82) is 0 Å². The van der Waals surface area contributed by atoms with Gasteiger partial charge in [0.05, 0.1) is 6.04 Å². The number of nitrogens with zero attached hydrogens (tertiary/aromatic N) is 1. The topological polar surface area (TPSA) is 24.9 Å². The monoisotopic (exact) mass is 388 g/mol. The Balaban J connectivity index is 1.97. The summed E-state index contributed by atoms with van der Waals surface area (Å²) >= 11 is 8.74. The van der Waals surface area contributed by atoms with Crippen LogP contribution in [0.2, 0.25) is 0 Å². The number of halogens is 2. The van der Waals surface area contributed by atoms with Crippen LogP contribution in [0.4, 0.5) is 0 Å². The van der Waals surface area contributed by atoms with E-state index in [2.05, 4.69) is 74.2 Å². The largest absolute Gasteiger partial charge is 0.304 e. The molecule has 2 nitrogen and oxygen atoms in total. The minimum absolute atomic E-state index is 0.283. The van der Waals surface area contributed by atoms with E-state index in [0.717, 1.165) is 20.5 Å². The summed E-state index contributed by atoms with van der Waals surface area (Å²) in [5.41, 5.74) is 1.25. The molecule has 1 N–H and O–H groups in total. The molecule has 1 aromatic heterocycles. The first-order chi connectivity index (χ1) is 8.56. The maximum Gasteiger partial charge on any atom is 0.109 e. The van der Waals surface area contributed by atoms with Gasteiger partial charge in [-0.05, 0) is 63.4 Å². The summed E-state index contributed by atoms with van der Waals surface area (Å²) < 4.78 is 2.16. The fourth-order valence-electron chi connectivity index (χ4n) is 1.58. The Bertz CT molecular complexity index is 540. The summed E-state index contributed by atoms with van der Waals surface area (Å²) in [6.45, 7) is 5.07. The zero-order valence-electron chi connectivity index (χ0n) is 10.2. The molecule has 1 unspecified atom stereocenters. The molecule has 96 valence electrons. The first-order valence-electron chi connectivity index (χ1n) is 5.66. The van der Waals surface area contributed by atoms with Gasteiger partial charge < -0.3 is 5.32 Å². The summed E-state index contributed by atoms with van der Waals surface area (Å²) in [6.07, 6.45) is 1.92. The van der Waals surface area contributed by atoms with E-state index in [-0.39, 0.29) is 6.04 Å². The smallest absolute Gasteiger partial charge is 0.109 e. The maximum absolute atomic E-state index is 4.40. The van der Waals surface area contributed by atoms with Crippen LogP contribution in [0.25, 0.3) is 0 Å². The van der Waals surface area contributed by atoms with E-state index in [4.69, 9.17) is 0 Å². The molecule has 0 radical (unpaired) electrons. The van der Waals surface area contributed by atoms with Crippen LogP contribution in [0, 0.1) is 6.92 Å². The molecule has 0 bridgehead atoms. The van der Waals surface area contributed by atoms with Crippen LogP contribution in [-0.2, 0) is 6.54 Å². The highest BCUT2D eigenvalue weighted by atomic mass is 79.9. The third-order valence-electron chi connectivity index (χ3n) is 2.61. The van der Waals surface area contributed by atoms with E-state index in [1.54, 1.807) is 11.3 Å². The van der Waals surface area contributed by atoms with Crippen molar-refractivity contribution in [2.45, 2.75) is 26.4 Å². The normalized spacial score (nSPS) is 12.7. The number of thiazole rings is 1. The summed E-state index contributed by atoms with van der Waals surface area (Å²) in [6, 6.07) is 6.57. The van der Waals surface area contributed by atoms with Crippen LogP contribution in [-0.4, -0.2) is 4.98 Å². The highest BCUT2D eigenvalue weighted by molar-refractivity contribution is 9.13. The van der Waals surface area contributed by atoms with Crippen LogP contribution < -0.4 is 5.32 Å². The molecule has 1 atom stereocenters. The second-order valence-corrected chi connectivity index (χ2v) is 7.14. The van der Waals surface area contributed by atoms with Gasteiger partial charge >= 0.3 is 0 Å². The lowest BCUT2D eigenvalue weighted by Gasteiger charge is -2.11.